The summed E-state index contributed by atoms with van der Waals surface area (Å²) < 4.78 is 0. The average Bonchev–Trinajstić information content (AvgIpc) is 2.78. The summed E-state index contributed by atoms with van der Waals surface area (Å²) in [5.41, 5.74) is 3.13. The Morgan fingerprint density at radius 3 is 2.78 bits per heavy atom. The molecule has 4 nitrogen and oxygen atoms in total. The van der Waals surface area contributed by atoms with E-state index in [4.69, 9.17) is 0 Å². The minimum atomic E-state index is 0.795. The van der Waals surface area contributed by atoms with Gasteiger partial charge < -0.3 is 5.32 Å². The van der Waals surface area contributed by atoms with Gasteiger partial charge in [-0.2, -0.15) is 0 Å². The third kappa shape index (κ3) is 3.11. The summed E-state index contributed by atoms with van der Waals surface area (Å²) in [5.74, 6) is 0. The Morgan fingerprint density at radius 1 is 1.22 bits per heavy atom. The summed E-state index contributed by atoms with van der Waals surface area (Å²) in [7, 11) is 0. The molecule has 0 bridgehead atoms. The van der Waals surface area contributed by atoms with E-state index in [0.29, 0.717) is 0 Å². The van der Waals surface area contributed by atoms with Gasteiger partial charge in [0, 0.05) is 23.5 Å². The lowest BCUT2D eigenvalue weighted by Gasteiger charge is -2.01. The third-order valence-corrected chi connectivity index (χ3v) is 3.58. The van der Waals surface area contributed by atoms with Gasteiger partial charge >= 0.3 is 0 Å². The Labute approximate surface area is 111 Å². The van der Waals surface area contributed by atoms with E-state index < -0.39 is 0 Å². The van der Waals surface area contributed by atoms with Crippen LogP contribution < -0.4 is 5.32 Å². The van der Waals surface area contributed by atoms with Crippen molar-refractivity contribution in [1.29, 1.82) is 0 Å². The van der Waals surface area contributed by atoms with Crippen LogP contribution in [0.15, 0.2) is 12.1 Å². The van der Waals surface area contributed by atoms with Crippen molar-refractivity contribution in [3.05, 3.63) is 28.5 Å². The summed E-state index contributed by atoms with van der Waals surface area (Å²) in [4.78, 5) is 4.46. The van der Waals surface area contributed by atoms with Crippen LogP contribution >= 0.6 is 11.3 Å². The molecule has 0 aliphatic carbocycles. The molecule has 0 aliphatic rings. The van der Waals surface area contributed by atoms with Crippen LogP contribution in [0.4, 0.5) is 0 Å². The molecule has 5 heteroatoms. The van der Waals surface area contributed by atoms with Crippen molar-refractivity contribution in [3.8, 4) is 10.6 Å². The molecule has 18 heavy (non-hydrogen) atoms. The second-order valence-corrected chi connectivity index (χ2v) is 5.33. The Hall–Kier alpha value is -1.33. The molecule has 0 radical (unpaired) electrons. The van der Waals surface area contributed by atoms with Crippen LogP contribution in [0.1, 0.15) is 29.7 Å². The lowest BCUT2D eigenvalue weighted by Crippen LogP contribution is -2.13. The van der Waals surface area contributed by atoms with Crippen molar-refractivity contribution < 1.29 is 0 Å². The first kappa shape index (κ1) is 13.1. The van der Waals surface area contributed by atoms with Crippen molar-refractivity contribution in [2.45, 2.75) is 33.7 Å². The Bertz CT molecular complexity index is 521. The zero-order valence-corrected chi connectivity index (χ0v) is 11.8. The van der Waals surface area contributed by atoms with Gasteiger partial charge in [0.1, 0.15) is 10.0 Å². The highest BCUT2D eigenvalue weighted by Crippen LogP contribution is 2.25. The second kappa shape index (κ2) is 6.02. The van der Waals surface area contributed by atoms with Gasteiger partial charge in [0.05, 0.1) is 0 Å². The van der Waals surface area contributed by atoms with Gasteiger partial charge in [-0.1, -0.05) is 18.3 Å². The summed E-state index contributed by atoms with van der Waals surface area (Å²) in [6.45, 7) is 7.97. The lowest BCUT2D eigenvalue weighted by atomic mass is 10.2. The molecular weight excluding hydrogens is 244 g/mol. The summed E-state index contributed by atoms with van der Waals surface area (Å²) in [6, 6.07) is 4.08. The highest BCUT2D eigenvalue weighted by atomic mass is 32.1. The third-order valence-electron chi connectivity index (χ3n) is 2.63. The minimum Gasteiger partial charge on any atom is -0.310 e. The fourth-order valence-electron chi connectivity index (χ4n) is 1.72. The number of rotatable bonds is 5. The highest BCUT2D eigenvalue weighted by Gasteiger charge is 2.09. The predicted octanol–water partition coefficient (Wildman–Crippen LogP) is 2.72. The van der Waals surface area contributed by atoms with Crippen LogP contribution in [0.3, 0.4) is 0 Å². The zero-order chi connectivity index (χ0) is 13.0. The largest absolute Gasteiger partial charge is 0.310 e. The minimum absolute atomic E-state index is 0.795. The predicted molar refractivity (Wildman–Crippen MR) is 74.6 cm³/mol. The molecule has 0 aromatic carbocycles. The first-order chi connectivity index (χ1) is 8.70. The van der Waals surface area contributed by atoms with Crippen molar-refractivity contribution in [1.82, 2.24) is 20.5 Å². The van der Waals surface area contributed by atoms with Gasteiger partial charge in [0.2, 0.25) is 0 Å². The quantitative estimate of drug-likeness (QED) is 0.842. The molecule has 0 amide bonds. The molecule has 96 valence electrons. The Kier molecular flexibility index (Phi) is 4.38. The van der Waals surface area contributed by atoms with Crippen molar-refractivity contribution in [3.63, 3.8) is 0 Å². The maximum Gasteiger partial charge on any atom is 0.149 e. The number of aromatic nitrogens is 3. The molecule has 1 N–H and O–H groups in total. The highest BCUT2D eigenvalue weighted by molar-refractivity contribution is 7.14. The Balaban J connectivity index is 2.13. The number of nitrogens with one attached hydrogen (secondary N) is 1. The molecule has 0 aliphatic heterocycles. The van der Waals surface area contributed by atoms with Crippen molar-refractivity contribution in [2.75, 3.05) is 6.54 Å². The SMILES string of the molecule is CCCNCc1nnc(-c2ccc(C)nc2C)s1. The van der Waals surface area contributed by atoms with Gasteiger partial charge in [0.25, 0.3) is 0 Å². The molecule has 0 saturated carbocycles. The summed E-state index contributed by atoms with van der Waals surface area (Å²) in [5, 5.41) is 13.8. The number of pyridine rings is 1. The fourth-order valence-corrected chi connectivity index (χ4v) is 2.61. The number of nitrogens with zero attached hydrogens (tertiary/aromatic N) is 3. The van der Waals surface area contributed by atoms with E-state index in [9.17, 15) is 0 Å². The molecule has 0 atom stereocenters. The Morgan fingerprint density at radius 2 is 2.06 bits per heavy atom. The van der Waals surface area contributed by atoms with Crippen molar-refractivity contribution in [2.24, 2.45) is 0 Å². The lowest BCUT2D eigenvalue weighted by molar-refractivity contribution is 0.668. The summed E-state index contributed by atoms with van der Waals surface area (Å²) >= 11 is 1.63. The number of hydrogen-bond acceptors (Lipinski definition) is 5. The van der Waals surface area contributed by atoms with Gasteiger partial charge in [-0.15, -0.1) is 10.2 Å². The van der Waals surface area contributed by atoms with Gasteiger partial charge in [-0.3, -0.25) is 4.98 Å². The molecule has 0 spiro atoms. The van der Waals surface area contributed by atoms with Crippen LogP contribution in [0.5, 0.6) is 0 Å². The number of hydrogen-bond donors (Lipinski definition) is 1. The topological polar surface area (TPSA) is 50.7 Å². The molecular formula is C13H18N4S. The van der Waals surface area contributed by atoms with E-state index in [1.165, 1.54) is 0 Å². The molecule has 0 saturated heterocycles. The monoisotopic (exact) mass is 262 g/mol. The smallest absolute Gasteiger partial charge is 0.149 e. The van der Waals surface area contributed by atoms with Crippen molar-refractivity contribution >= 4 is 11.3 Å². The first-order valence-corrected chi connectivity index (χ1v) is 7.00. The fraction of sp³-hybridized carbons (Fsp3) is 0.462. The molecule has 2 rings (SSSR count). The summed E-state index contributed by atoms with van der Waals surface area (Å²) in [6.07, 6.45) is 1.13. The van der Waals surface area contributed by atoms with E-state index in [1.54, 1.807) is 11.3 Å². The van der Waals surface area contributed by atoms with E-state index >= 15 is 0 Å². The maximum absolute atomic E-state index is 4.46. The zero-order valence-electron chi connectivity index (χ0n) is 11.0. The maximum atomic E-state index is 4.46. The molecule has 2 aromatic heterocycles. The first-order valence-electron chi connectivity index (χ1n) is 6.18. The van der Waals surface area contributed by atoms with Gasteiger partial charge in [0.15, 0.2) is 0 Å². The standard InChI is InChI=1S/C13H18N4S/c1-4-7-14-8-12-16-17-13(18-12)11-6-5-9(2)15-10(11)3/h5-6,14H,4,7-8H2,1-3H3. The second-order valence-electron chi connectivity index (χ2n) is 4.26. The molecule has 2 heterocycles. The van der Waals surface area contributed by atoms with Crippen LogP contribution in [-0.2, 0) is 6.54 Å². The van der Waals surface area contributed by atoms with E-state index in [0.717, 1.165) is 46.5 Å². The average molecular weight is 262 g/mol. The molecule has 0 unspecified atom stereocenters. The van der Waals surface area contributed by atoms with E-state index in [-0.39, 0.29) is 0 Å². The number of aryl methyl sites for hydroxylation is 2. The molecule has 2 aromatic rings. The van der Waals surface area contributed by atoms with E-state index in [2.05, 4.69) is 33.5 Å². The van der Waals surface area contributed by atoms with Gasteiger partial charge in [-0.25, -0.2) is 0 Å². The van der Waals surface area contributed by atoms with Gasteiger partial charge in [-0.05, 0) is 38.9 Å². The van der Waals surface area contributed by atoms with Crippen LogP contribution in [0, 0.1) is 13.8 Å². The van der Waals surface area contributed by atoms with Crippen LogP contribution in [0.2, 0.25) is 0 Å². The van der Waals surface area contributed by atoms with E-state index in [1.807, 2.05) is 19.9 Å². The molecule has 0 fully saturated rings. The van der Waals surface area contributed by atoms with Crippen LogP contribution in [-0.4, -0.2) is 21.7 Å². The van der Waals surface area contributed by atoms with Crippen LogP contribution in [0.25, 0.3) is 10.6 Å². The normalized spacial score (nSPS) is 10.8.